The van der Waals surface area contributed by atoms with Gasteiger partial charge in [0.2, 0.25) is 0 Å². The van der Waals surface area contributed by atoms with E-state index in [1.807, 2.05) is 49.3 Å². The minimum Gasteiger partial charge on any atom is -0.385 e. The fourth-order valence-electron chi connectivity index (χ4n) is 3.74. The summed E-state index contributed by atoms with van der Waals surface area (Å²) >= 11 is 0. The first-order valence-electron chi connectivity index (χ1n) is 9.23. The summed E-state index contributed by atoms with van der Waals surface area (Å²) in [5.41, 5.74) is -0.0101. The van der Waals surface area contributed by atoms with Crippen molar-refractivity contribution in [3.05, 3.63) is 65.7 Å². The summed E-state index contributed by atoms with van der Waals surface area (Å²) in [6.45, 7) is 1.30. The van der Waals surface area contributed by atoms with Crippen LogP contribution in [0.2, 0.25) is 0 Å². The predicted molar refractivity (Wildman–Crippen MR) is 104 cm³/mol. The molecule has 1 saturated heterocycles. The number of anilines is 1. The van der Waals surface area contributed by atoms with Crippen molar-refractivity contribution < 1.29 is 18.7 Å². The van der Waals surface area contributed by atoms with E-state index in [1.165, 1.54) is 6.07 Å². The van der Waals surface area contributed by atoms with Crippen molar-refractivity contribution in [2.24, 2.45) is 5.92 Å². The minimum atomic E-state index is -1.04. The van der Waals surface area contributed by atoms with Gasteiger partial charge in [-0.15, -0.1) is 0 Å². The number of amides is 2. The summed E-state index contributed by atoms with van der Waals surface area (Å²) in [4.78, 5) is 16.2. The molecular weight excluding hydrogens is 364 g/mol. The number of aliphatic hydroxyl groups is 1. The predicted octanol–water partition coefficient (Wildman–Crippen LogP) is 3.27. The Hall–Kier alpha value is -2.51. The van der Waals surface area contributed by atoms with Crippen molar-refractivity contribution in [1.29, 1.82) is 0 Å². The number of carbonyl (C=O) groups is 1. The molecular formula is C21H25F2N3O2. The number of urea groups is 1. The smallest absolute Gasteiger partial charge is 0.321 e. The number of likely N-dealkylation sites (tertiary alicyclic amines) is 1. The second-order valence-electron chi connectivity index (χ2n) is 7.50. The van der Waals surface area contributed by atoms with Crippen LogP contribution in [0.4, 0.5) is 19.3 Å². The number of benzene rings is 2. The van der Waals surface area contributed by atoms with Crippen LogP contribution in [0, 0.1) is 17.6 Å². The fourth-order valence-corrected chi connectivity index (χ4v) is 3.74. The van der Waals surface area contributed by atoms with Gasteiger partial charge in [-0.3, -0.25) is 0 Å². The van der Waals surface area contributed by atoms with Gasteiger partial charge in [0.25, 0.3) is 0 Å². The number of rotatable bonds is 4. The third-order valence-corrected chi connectivity index (χ3v) is 5.20. The van der Waals surface area contributed by atoms with Gasteiger partial charge >= 0.3 is 6.03 Å². The lowest BCUT2D eigenvalue weighted by atomic mass is 9.75. The highest BCUT2D eigenvalue weighted by Crippen LogP contribution is 2.38. The van der Waals surface area contributed by atoms with Crippen LogP contribution >= 0.6 is 0 Å². The third kappa shape index (κ3) is 4.31. The molecule has 1 aliphatic heterocycles. The lowest BCUT2D eigenvalue weighted by molar-refractivity contribution is -0.0749. The molecule has 28 heavy (non-hydrogen) atoms. The van der Waals surface area contributed by atoms with E-state index < -0.39 is 23.3 Å². The zero-order valence-electron chi connectivity index (χ0n) is 16.0. The Kier molecular flexibility index (Phi) is 5.96. The van der Waals surface area contributed by atoms with Gasteiger partial charge in [0.05, 0.1) is 5.60 Å². The van der Waals surface area contributed by atoms with E-state index in [1.54, 1.807) is 4.90 Å². The normalized spacial score (nSPS) is 22.4. The van der Waals surface area contributed by atoms with Crippen LogP contribution < -0.4 is 5.32 Å². The molecule has 1 heterocycles. The highest BCUT2D eigenvalue weighted by Gasteiger charge is 2.44. The number of hydrogen-bond acceptors (Lipinski definition) is 3. The quantitative estimate of drug-likeness (QED) is 0.844. The molecule has 0 saturated carbocycles. The zero-order chi connectivity index (χ0) is 20.3. The van der Waals surface area contributed by atoms with Crippen LogP contribution in [-0.4, -0.2) is 54.7 Å². The molecule has 0 radical (unpaired) electrons. The number of hydrogen-bond donors (Lipinski definition) is 2. The van der Waals surface area contributed by atoms with E-state index in [9.17, 15) is 18.7 Å². The van der Waals surface area contributed by atoms with E-state index in [2.05, 4.69) is 5.32 Å². The average Bonchev–Trinajstić information content (AvgIpc) is 2.67. The Morgan fingerprint density at radius 3 is 2.57 bits per heavy atom. The van der Waals surface area contributed by atoms with Gasteiger partial charge in [-0.25, -0.2) is 13.6 Å². The van der Waals surface area contributed by atoms with E-state index in [0.717, 1.165) is 17.7 Å². The first-order chi connectivity index (χ1) is 13.3. The zero-order valence-corrected chi connectivity index (χ0v) is 16.0. The molecule has 0 aromatic heterocycles. The maximum atomic E-state index is 13.4. The molecule has 7 heteroatoms. The van der Waals surface area contributed by atoms with Gasteiger partial charge < -0.3 is 20.2 Å². The van der Waals surface area contributed by atoms with E-state index in [-0.39, 0.29) is 11.6 Å². The van der Waals surface area contributed by atoms with Crippen LogP contribution in [0.1, 0.15) is 12.0 Å². The maximum Gasteiger partial charge on any atom is 0.321 e. The highest BCUT2D eigenvalue weighted by atomic mass is 19.2. The monoisotopic (exact) mass is 389 g/mol. The molecule has 0 aliphatic carbocycles. The molecule has 0 bridgehead atoms. The summed E-state index contributed by atoms with van der Waals surface area (Å²) in [6, 6.07) is 12.3. The van der Waals surface area contributed by atoms with Gasteiger partial charge in [0.15, 0.2) is 11.6 Å². The Bertz CT molecular complexity index is 832. The molecule has 2 atom stereocenters. The number of halogens is 2. The molecule has 5 nitrogen and oxygen atoms in total. The van der Waals surface area contributed by atoms with Crippen molar-refractivity contribution in [3.63, 3.8) is 0 Å². The van der Waals surface area contributed by atoms with Crippen molar-refractivity contribution in [1.82, 2.24) is 9.80 Å². The van der Waals surface area contributed by atoms with E-state index in [0.29, 0.717) is 26.1 Å². The van der Waals surface area contributed by atoms with Crippen molar-refractivity contribution in [3.8, 4) is 0 Å². The van der Waals surface area contributed by atoms with Crippen LogP contribution in [0.5, 0.6) is 0 Å². The van der Waals surface area contributed by atoms with Crippen LogP contribution in [-0.2, 0) is 5.60 Å². The van der Waals surface area contributed by atoms with Gasteiger partial charge in [-0.05, 0) is 38.2 Å². The Labute approximate surface area is 163 Å². The minimum absolute atomic E-state index is 0.192. The summed E-state index contributed by atoms with van der Waals surface area (Å²) in [5.74, 6) is -2.18. The number of nitrogens with one attached hydrogen (secondary N) is 1. The van der Waals surface area contributed by atoms with Gasteiger partial charge in [0, 0.05) is 37.3 Å². The molecule has 3 rings (SSSR count). The van der Waals surface area contributed by atoms with E-state index >= 15 is 0 Å². The number of carbonyl (C=O) groups excluding carboxylic acids is 1. The standard InChI is InChI=1S/C21H25F2N3O2/c1-25(2)13-16-14-26(11-10-21(16,28)15-6-4-3-5-7-15)20(27)24-17-8-9-18(22)19(23)12-17/h3-9,12,16,28H,10-11,13-14H2,1-2H3,(H,24,27). The van der Waals surface area contributed by atoms with Gasteiger partial charge in [0.1, 0.15) is 0 Å². The van der Waals surface area contributed by atoms with Gasteiger partial charge in [-0.2, -0.15) is 0 Å². The summed E-state index contributed by atoms with van der Waals surface area (Å²) in [7, 11) is 3.84. The van der Waals surface area contributed by atoms with Crippen LogP contribution in [0.25, 0.3) is 0 Å². The Balaban J connectivity index is 1.76. The molecule has 2 amide bonds. The molecule has 2 unspecified atom stereocenters. The topological polar surface area (TPSA) is 55.8 Å². The molecule has 2 aromatic carbocycles. The van der Waals surface area contributed by atoms with Crippen LogP contribution in [0.15, 0.2) is 48.5 Å². The SMILES string of the molecule is CN(C)CC1CN(C(=O)Nc2ccc(F)c(F)c2)CCC1(O)c1ccccc1. The van der Waals surface area contributed by atoms with E-state index in [4.69, 9.17) is 0 Å². The highest BCUT2D eigenvalue weighted by molar-refractivity contribution is 5.89. The lowest BCUT2D eigenvalue weighted by Crippen LogP contribution is -2.55. The molecule has 2 N–H and O–H groups in total. The molecule has 1 fully saturated rings. The maximum absolute atomic E-state index is 13.4. The molecule has 0 spiro atoms. The van der Waals surface area contributed by atoms with Crippen molar-refractivity contribution >= 4 is 11.7 Å². The summed E-state index contributed by atoms with van der Waals surface area (Å²) in [6.07, 6.45) is 0.390. The number of piperidine rings is 1. The van der Waals surface area contributed by atoms with Crippen LogP contribution in [0.3, 0.4) is 0 Å². The summed E-state index contributed by atoms with van der Waals surface area (Å²) in [5, 5.41) is 14.0. The first-order valence-corrected chi connectivity index (χ1v) is 9.23. The first kappa shape index (κ1) is 20.2. The number of nitrogens with zero attached hydrogens (tertiary/aromatic N) is 2. The fraction of sp³-hybridized carbons (Fsp3) is 0.381. The van der Waals surface area contributed by atoms with Crippen molar-refractivity contribution in [2.45, 2.75) is 12.0 Å². The largest absolute Gasteiger partial charge is 0.385 e. The molecule has 1 aliphatic rings. The van der Waals surface area contributed by atoms with Crippen molar-refractivity contribution in [2.75, 3.05) is 39.0 Å². The Morgan fingerprint density at radius 2 is 1.93 bits per heavy atom. The second kappa shape index (κ2) is 8.24. The molecule has 150 valence electrons. The Morgan fingerprint density at radius 1 is 1.21 bits per heavy atom. The summed E-state index contributed by atoms with van der Waals surface area (Å²) < 4.78 is 26.5. The third-order valence-electron chi connectivity index (χ3n) is 5.20. The lowest BCUT2D eigenvalue weighted by Gasteiger charge is -2.45. The molecule has 2 aromatic rings. The van der Waals surface area contributed by atoms with Gasteiger partial charge in [-0.1, -0.05) is 30.3 Å². The average molecular weight is 389 g/mol. The second-order valence-corrected chi connectivity index (χ2v) is 7.50.